The standard InChI is InChI=1S/C25H27N5O3/c31-24(26-13-19-15-32-10-11-33-19)21-14-28-30(23(21)17-8-9-17)25-27-12-18-6-3-5-16-4-1-2-7-20(16)22(18)29-25/h1-2,4,7,12,14,17,19H,3,5-6,8-11,13,15H2,(H,26,31). The maximum atomic E-state index is 13.0. The van der Waals surface area contributed by atoms with E-state index in [2.05, 4.69) is 39.7 Å². The molecule has 1 N–H and O–H groups in total. The van der Waals surface area contributed by atoms with Gasteiger partial charge in [-0.1, -0.05) is 24.3 Å². The summed E-state index contributed by atoms with van der Waals surface area (Å²) in [5.41, 5.74) is 6.12. The molecule has 1 unspecified atom stereocenters. The maximum absolute atomic E-state index is 13.0. The minimum absolute atomic E-state index is 0.116. The van der Waals surface area contributed by atoms with Crippen molar-refractivity contribution in [1.82, 2.24) is 25.1 Å². The van der Waals surface area contributed by atoms with Crippen LogP contribution in [0.2, 0.25) is 0 Å². The maximum Gasteiger partial charge on any atom is 0.254 e. The van der Waals surface area contributed by atoms with Crippen LogP contribution in [0.3, 0.4) is 0 Å². The molecule has 8 nitrogen and oxygen atoms in total. The molecule has 170 valence electrons. The molecule has 1 saturated heterocycles. The van der Waals surface area contributed by atoms with Gasteiger partial charge in [-0.3, -0.25) is 4.79 Å². The molecule has 3 heterocycles. The van der Waals surface area contributed by atoms with E-state index in [0.717, 1.165) is 49.1 Å². The number of amides is 1. The number of carbonyl (C=O) groups is 1. The zero-order valence-corrected chi connectivity index (χ0v) is 18.5. The van der Waals surface area contributed by atoms with Gasteiger partial charge in [0.05, 0.1) is 49.1 Å². The van der Waals surface area contributed by atoms with Crippen molar-refractivity contribution in [2.45, 2.75) is 44.1 Å². The SMILES string of the molecule is O=C(NCC1COCCO1)c1cnn(-c2ncc3c(n2)-c2ccccc2CCC3)c1C1CC1. The summed E-state index contributed by atoms with van der Waals surface area (Å²) >= 11 is 0. The van der Waals surface area contributed by atoms with E-state index in [1.165, 1.54) is 11.1 Å². The Balaban J connectivity index is 1.32. The summed E-state index contributed by atoms with van der Waals surface area (Å²) in [6.45, 7) is 2.08. The number of nitrogens with zero attached hydrogens (tertiary/aromatic N) is 4. The van der Waals surface area contributed by atoms with Gasteiger partial charge in [-0.2, -0.15) is 5.10 Å². The minimum Gasteiger partial charge on any atom is -0.376 e. The summed E-state index contributed by atoms with van der Waals surface area (Å²) in [6.07, 6.45) is 8.62. The van der Waals surface area contributed by atoms with E-state index in [4.69, 9.17) is 14.5 Å². The zero-order chi connectivity index (χ0) is 22.2. The van der Waals surface area contributed by atoms with Crippen LogP contribution in [0.5, 0.6) is 0 Å². The molecule has 1 amide bonds. The number of aromatic nitrogens is 4. The van der Waals surface area contributed by atoms with Crippen molar-refractivity contribution >= 4 is 5.91 Å². The highest BCUT2D eigenvalue weighted by Gasteiger charge is 2.34. The first kappa shape index (κ1) is 20.5. The molecule has 33 heavy (non-hydrogen) atoms. The lowest BCUT2D eigenvalue weighted by Gasteiger charge is -2.23. The Labute approximate surface area is 192 Å². The molecule has 6 rings (SSSR count). The molecule has 1 aliphatic heterocycles. The average Bonchev–Trinajstić information content (AvgIpc) is 3.64. The molecule has 3 aliphatic rings. The predicted octanol–water partition coefficient (Wildman–Crippen LogP) is 2.84. The molecule has 0 radical (unpaired) electrons. The lowest BCUT2D eigenvalue weighted by molar-refractivity contribution is -0.0855. The summed E-state index contributed by atoms with van der Waals surface area (Å²) in [4.78, 5) is 22.7. The molecule has 1 saturated carbocycles. The Morgan fingerprint density at radius 2 is 2.00 bits per heavy atom. The van der Waals surface area contributed by atoms with Crippen LogP contribution in [-0.4, -0.2) is 58.1 Å². The number of rotatable bonds is 5. The Bertz CT molecular complexity index is 1180. The Kier molecular flexibility index (Phi) is 5.39. The topological polar surface area (TPSA) is 91.2 Å². The van der Waals surface area contributed by atoms with E-state index in [9.17, 15) is 4.79 Å². The third kappa shape index (κ3) is 4.05. The van der Waals surface area contributed by atoms with E-state index in [0.29, 0.717) is 43.8 Å². The molecule has 0 spiro atoms. The van der Waals surface area contributed by atoms with E-state index in [1.807, 2.05) is 6.20 Å². The van der Waals surface area contributed by atoms with Crippen LogP contribution in [0.25, 0.3) is 17.2 Å². The minimum atomic E-state index is -0.141. The van der Waals surface area contributed by atoms with Crippen LogP contribution in [0.4, 0.5) is 0 Å². The van der Waals surface area contributed by atoms with Gasteiger partial charge < -0.3 is 14.8 Å². The van der Waals surface area contributed by atoms with Crippen molar-refractivity contribution in [2.75, 3.05) is 26.4 Å². The van der Waals surface area contributed by atoms with Crippen molar-refractivity contribution in [1.29, 1.82) is 0 Å². The second-order valence-electron chi connectivity index (χ2n) is 8.96. The van der Waals surface area contributed by atoms with Crippen molar-refractivity contribution in [3.05, 3.63) is 59.0 Å². The van der Waals surface area contributed by atoms with Gasteiger partial charge in [0.2, 0.25) is 0 Å². The molecule has 2 fully saturated rings. The molecular weight excluding hydrogens is 418 g/mol. The fourth-order valence-electron chi connectivity index (χ4n) is 4.75. The number of nitrogens with one attached hydrogen (secondary N) is 1. The zero-order valence-electron chi connectivity index (χ0n) is 18.5. The second-order valence-corrected chi connectivity index (χ2v) is 8.96. The van der Waals surface area contributed by atoms with Gasteiger partial charge in [0.25, 0.3) is 11.9 Å². The van der Waals surface area contributed by atoms with Gasteiger partial charge in [-0.15, -0.1) is 0 Å². The van der Waals surface area contributed by atoms with E-state index >= 15 is 0 Å². The normalized spacial score (nSPS) is 19.9. The smallest absolute Gasteiger partial charge is 0.254 e. The second kappa shape index (κ2) is 8.68. The van der Waals surface area contributed by atoms with Gasteiger partial charge in [0, 0.05) is 24.2 Å². The van der Waals surface area contributed by atoms with Crippen LogP contribution in [0, 0.1) is 0 Å². The third-order valence-electron chi connectivity index (χ3n) is 6.60. The van der Waals surface area contributed by atoms with Gasteiger partial charge >= 0.3 is 0 Å². The highest BCUT2D eigenvalue weighted by molar-refractivity contribution is 5.95. The number of aryl methyl sites for hydroxylation is 2. The van der Waals surface area contributed by atoms with Crippen molar-refractivity contribution in [3.63, 3.8) is 0 Å². The van der Waals surface area contributed by atoms with Crippen LogP contribution < -0.4 is 5.32 Å². The first-order valence-corrected chi connectivity index (χ1v) is 11.8. The molecule has 2 aliphatic carbocycles. The van der Waals surface area contributed by atoms with Crippen LogP contribution in [0.15, 0.2) is 36.7 Å². The van der Waals surface area contributed by atoms with Crippen molar-refractivity contribution in [2.24, 2.45) is 0 Å². The van der Waals surface area contributed by atoms with Crippen molar-refractivity contribution < 1.29 is 14.3 Å². The Morgan fingerprint density at radius 1 is 1.12 bits per heavy atom. The monoisotopic (exact) mass is 445 g/mol. The summed E-state index contributed by atoms with van der Waals surface area (Å²) in [7, 11) is 0. The molecule has 2 aromatic heterocycles. The number of benzene rings is 1. The van der Waals surface area contributed by atoms with Gasteiger partial charge in [-0.25, -0.2) is 14.6 Å². The third-order valence-corrected chi connectivity index (χ3v) is 6.60. The molecule has 1 atom stereocenters. The summed E-state index contributed by atoms with van der Waals surface area (Å²) in [6, 6.07) is 8.46. The quantitative estimate of drug-likeness (QED) is 0.649. The van der Waals surface area contributed by atoms with E-state index in [1.54, 1.807) is 10.9 Å². The van der Waals surface area contributed by atoms with E-state index < -0.39 is 0 Å². The highest BCUT2D eigenvalue weighted by Crippen LogP contribution is 2.42. The predicted molar refractivity (Wildman–Crippen MR) is 121 cm³/mol. The fraction of sp³-hybridized carbons (Fsp3) is 0.440. The fourth-order valence-corrected chi connectivity index (χ4v) is 4.75. The lowest BCUT2D eigenvalue weighted by atomic mass is 10.0. The summed E-state index contributed by atoms with van der Waals surface area (Å²) in [5.74, 6) is 0.685. The van der Waals surface area contributed by atoms with Crippen LogP contribution in [0.1, 0.15) is 52.4 Å². The van der Waals surface area contributed by atoms with Gasteiger partial charge in [0.1, 0.15) is 0 Å². The van der Waals surface area contributed by atoms with Crippen LogP contribution >= 0.6 is 0 Å². The molecule has 1 aromatic carbocycles. The van der Waals surface area contributed by atoms with Crippen molar-refractivity contribution in [3.8, 4) is 17.2 Å². The summed E-state index contributed by atoms with van der Waals surface area (Å²) < 4.78 is 12.8. The first-order chi connectivity index (χ1) is 16.3. The lowest BCUT2D eigenvalue weighted by Crippen LogP contribution is -2.39. The number of hydrogen-bond acceptors (Lipinski definition) is 6. The van der Waals surface area contributed by atoms with E-state index in [-0.39, 0.29) is 12.0 Å². The highest BCUT2D eigenvalue weighted by atomic mass is 16.6. The Hall–Kier alpha value is -3.10. The summed E-state index contributed by atoms with van der Waals surface area (Å²) in [5, 5.41) is 7.56. The number of carbonyl (C=O) groups excluding carboxylic acids is 1. The van der Waals surface area contributed by atoms with Gasteiger partial charge in [-0.05, 0) is 43.2 Å². The number of fused-ring (bicyclic) bond motifs is 3. The molecular formula is C25H27N5O3. The van der Waals surface area contributed by atoms with Crippen LogP contribution in [-0.2, 0) is 22.3 Å². The molecule has 8 heteroatoms. The average molecular weight is 446 g/mol. The Morgan fingerprint density at radius 3 is 2.85 bits per heavy atom. The number of hydrogen-bond donors (Lipinski definition) is 1. The first-order valence-electron chi connectivity index (χ1n) is 11.8. The largest absolute Gasteiger partial charge is 0.376 e. The molecule has 3 aromatic rings. The van der Waals surface area contributed by atoms with Gasteiger partial charge in [0.15, 0.2) is 0 Å². The number of ether oxygens (including phenoxy) is 2. The molecule has 0 bridgehead atoms.